The SMILES string of the molecule is CN=C(NC#N)NC1CCC(CNC(=O)c2ccccc2S)(c2ccccc2)CC1. The summed E-state index contributed by atoms with van der Waals surface area (Å²) < 4.78 is 0. The maximum atomic E-state index is 12.8. The van der Waals surface area contributed by atoms with E-state index in [1.807, 2.05) is 42.6 Å². The topological polar surface area (TPSA) is 89.3 Å². The van der Waals surface area contributed by atoms with Gasteiger partial charge in [0.1, 0.15) is 0 Å². The Morgan fingerprint density at radius 1 is 1.17 bits per heavy atom. The van der Waals surface area contributed by atoms with E-state index in [9.17, 15) is 4.79 Å². The Kier molecular flexibility index (Phi) is 7.36. The van der Waals surface area contributed by atoms with Crippen molar-refractivity contribution >= 4 is 24.5 Å². The van der Waals surface area contributed by atoms with Gasteiger partial charge < -0.3 is 10.6 Å². The standard InChI is InChI=1S/C23H27N5OS/c1-25-22(27-16-24)28-18-11-13-23(14-12-18,17-7-3-2-4-8-17)15-26-21(29)19-9-5-6-10-20(19)30/h2-10,18,30H,11-15H2,1H3,(H,26,29)(H2,25,27,28). The molecular formula is C23H27N5OS. The number of aliphatic imine (C=N–C) groups is 1. The molecule has 3 N–H and O–H groups in total. The molecule has 30 heavy (non-hydrogen) atoms. The molecule has 0 saturated heterocycles. The van der Waals surface area contributed by atoms with E-state index in [0.717, 1.165) is 25.7 Å². The predicted octanol–water partition coefficient (Wildman–Crippen LogP) is 3.23. The van der Waals surface area contributed by atoms with Gasteiger partial charge in [0, 0.05) is 29.9 Å². The third-order valence-electron chi connectivity index (χ3n) is 5.80. The van der Waals surface area contributed by atoms with Gasteiger partial charge in [0.2, 0.25) is 5.96 Å². The van der Waals surface area contributed by atoms with Gasteiger partial charge >= 0.3 is 0 Å². The van der Waals surface area contributed by atoms with E-state index in [2.05, 4.69) is 45.7 Å². The number of amides is 1. The number of carbonyl (C=O) groups excluding carboxylic acids is 1. The van der Waals surface area contributed by atoms with Crippen molar-refractivity contribution in [3.05, 3.63) is 65.7 Å². The first kappa shape index (κ1) is 21.7. The largest absolute Gasteiger partial charge is 0.353 e. The smallest absolute Gasteiger partial charge is 0.252 e. The van der Waals surface area contributed by atoms with E-state index < -0.39 is 0 Å². The molecule has 0 aromatic heterocycles. The lowest BCUT2D eigenvalue weighted by Crippen LogP contribution is -2.49. The lowest BCUT2D eigenvalue weighted by Gasteiger charge is -2.41. The minimum Gasteiger partial charge on any atom is -0.353 e. The normalized spacial score (nSPS) is 21.4. The van der Waals surface area contributed by atoms with Crippen molar-refractivity contribution in [2.75, 3.05) is 13.6 Å². The Morgan fingerprint density at radius 2 is 1.83 bits per heavy atom. The number of nitrogens with zero attached hydrogens (tertiary/aromatic N) is 2. The van der Waals surface area contributed by atoms with Crippen LogP contribution in [0.25, 0.3) is 0 Å². The number of hydrogen-bond donors (Lipinski definition) is 4. The molecule has 156 valence electrons. The van der Waals surface area contributed by atoms with Crippen LogP contribution in [0, 0.1) is 11.5 Å². The van der Waals surface area contributed by atoms with Gasteiger partial charge in [0.15, 0.2) is 6.19 Å². The van der Waals surface area contributed by atoms with E-state index in [1.165, 1.54) is 5.56 Å². The quantitative estimate of drug-likeness (QED) is 0.196. The van der Waals surface area contributed by atoms with Crippen LogP contribution in [-0.4, -0.2) is 31.5 Å². The fourth-order valence-electron chi connectivity index (χ4n) is 4.09. The molecule has 0 atom stereocenters. The van der Waals surface area contributed by atoms with Crippen molar-refractivity contribution < 1.29 is 4.79 Å². The summed E-state index contributed by atoms with van der Waals surface area (Å²) in [5, 5.41) is 17.9. The predicted molar refractivity (Wildman–Crippen MR) is 122 cm³/mol. The Labute approximate surface area is 183 Å². The third-order valence-corrected chi connectivity index (χ3v) is 6.19. The van der Waals surface area contributed by atoms with Crippen LogP contribution in [0.15, 0.2) is 64.5 Å². The maximum Gasteiger partial charge on any atom is 0.252 e. The monoisotopic (exact) mass is 421 g/mol. The zero-order valence-corrected chi connectivity index (χ0v) is 18.0. The summed E-state index contributed by atoms with van der Waals surface area (Å²) in [6.45, 7) is 0.565. The van der Waals surface area contributed by atoms with Gasteiger partial charge in [-0.05, 0) is 43.4 Å². The minimum absolute atomic E-state index is 0.102. The molecule has 7 heteroatoms. The molecule has 0 aliphatic heterocycles. The Hall–Kier alpha value is -2.98. The highest BCUT2D eigenvalue weighted by molar-refractivity contribution is 7.80. The molecule has 0 radical (unpaired) electrons. The van der Waals surface area contributed by atoms with E-state index in [1.54, 1.807) is 13.1 Å². The summed E-state index contributed by atoms with van der Waals surface area (Å²) in [6, 6.07) is 18.0. The third kappa shape index (κ3) is 5.14. The van der Waals surface area contributed by atoms with Gasteiger partial charge in [-0.2, -0.15) is 5.26 Å². The molecule has 0 spiro atoms. The van der Waals surface area contributed by atoms with Gasteiger partial charge in [-0.25, -0.2) is 0 Å². The van der Waals surface area contributed by atoms with Crippen LogP contribution < -0.4 is 16.0 Å². The van der Waals surface area contributed by atoms with Crippen LogP contribution in [0.4, 0.5) is 0 Å². The summed E-state index contributed by atoms with van der Waals surface area (Å²) in [5.41, 5.74) is 1.69. The second kappa shape index (κ2) is 10.2. The van der Waals surface area contributed by atoms with Crippen molar-refractivity contribution in [2.24, 2.45) is 4.99 Å². The fourth-order valence-corrected chi connectivity index (χ4v) is 4.35. The number of carbonyl (C=O) groups is 1. The molecule has 3 rings (SSSR count). The number of benzene rings is 2. The highest BCUT2D eigenvalue weighted by Crippen LogP contribution is 2.39. The molecule has 0 unspecified atom stereocenters. The van der Waals surface area contributed by atoms with Crippen LogP contribution in [0.3, 0.4) is 0 Å². The van der Waals surface area contributed by atoms with Gasteiger partial charge in [0.05, 0.1) is 5.56 Å². The van der Waals surface area contributed by atoms with Crippen LogP contribution in [0.2, 0.25) is 0 Å². The Morgan fingerprint density at radius 3 is 2.47 bits per heavy atom. The van der Waals surface area contributed by atoms with Crippen LogP contribution in [0.5, 0.6) is 0 Å². The molecule has 1 aliphatic rings. The molecule has 1 saturated carbocycles. The average Bonchev–Trinajstić information content (AvgIpc) is 2.79. The van der Waals surface area contributed by atoms with Crippen LogP contribution in [-0.2, 0) is 5.41 Å². The molecule has 0 bridgehead atoms. The first-order valence-corrected chi connectivity index (χ1v) is 10.5. The Balaban J connectivity index is 1.72. The Bertz CT molecular complexity index is 930. The van der Waals surface area contributed by atoms with Crippen molar-refractivity contribution in [1.29, 1.82) is 5.26 Å². The van der Waals surface area contributed by atoms with Crippen LogP contribution in [0.1, 0.15) is 41.6 Å². The second-order valence-electron chi connectivity index (χ2n) is 7.57. The minimum atomic E-state index is -0.132. The van der Waals surface area contributed by atoms with Crippen molar-refractivity contribution in [3.8, 4) is 6.19 Å². The molecule has 0 heterocycles. The number of nitrogens with one attached hydrogen (secondary N) is 3. The first-order chi connectivity index (χ1) is 14.6. The number of rotatable bonds is 5. The van der Waals surface area contributed by atoms with E-state index in [-0.39, 0.29) is 17.4 Å². The highest BCUT2D eigenvalue weighted by atomic mass is 32.1. The average molecular weight is 422 g/mol. The first-order valence-electron chi connectivity index (χ1n) is 10.1. The molecule has 1 aliphatic carbocycles. The maximum absolute atomic E-state index is 12.8. The van der Waals surface area contributed by atoms with Crippen molar-refractivity contribution in [1.82, 2.24) is 16.0 Å². The molecule has 2 aromatic carbocycles. The van der Waals surface area contributed by atoms with E-state index >= 15 is 0 Å². The number of guanidine groups is 1. The van der Waals surface area contributed by atoms with Gasteiger partial charge in [-0.15, -0.1) is 12.6 Å². The lowest BCUT2D eigenvalue weighted by atomic mass is 9.68. The molecule has 6 nitrogen and oxygen atoms in total. The lowest BCUT2D eigenvalue weighted by molar-refractivity contribution is 0.0932. The zero-order chi connectivity index (χ0) is 21.4. The zero-order valence-electron chi connectivity index (χ0n) is 17.1. The number of thiol groups is 1. The summed E-state index contributed by atoms with van der Waals surface area (Å²) in [6.07, 6.45) is 5.58. The summed E-state index contributed by atoms with van der Waals surface area (Å²) in [7, 11) is 1.65. The second-order valence-corrected chi connectivity index (χ2v) is 8.06. The summed E-state index contributed by atoms with van der Waals surface area (Å²) >= 11 is 4.41. The molecular weight excluding hydrogens is 394 g/mol. The summed E-state index contributed by atoms with van der Waals surface area (Å²) in [5.74, 6) is 0.392. The number of nitriles is 1. The van der Waals surface area contributed by atoms with Gasteiger partial charge in [0.25, 0.3) is 5.91 Å². The van der Waals surface area contributed by atoms with E-state index in [4.69, 9.17) is 5.26 Å². The molecule has 2 aromatic rings. The number of hydrogen-bond acceptors (Lipinski definition) is 4. The highest BCUT2D eigenvalue weighted by Gasteiger charge is 2.37. The van der Waals surface area contributed by atoms with Crippen molar-refractivity contribution in [3.63, 3.8) is 0 Å². The van der Waals surface area contributed by atoms with Gasteiger partial charge in [-0.1, -0.05) is 42.5 Å². The van der Waals surface area contributed by atoms with Crippen molar-refractivity contribution in [2.45, 2.75) is 42.0 Å². The summed E-state index contributed by atoms with van der Waals surface area (Å²) in [4.78, 5) is 17.5. The molecule has 1 amide bonds. The van der Waals surface area contributed by atoms with Gasteiger partial charge in [-0.3, -0.25) is 15.1 Å². The van der Waals surface area contributed by atoms with Crippen LogP contribution >= 0.6 is 12.6 Å². The molecule has 1 fully saturated rings. The van der Waals surface area contributed by atoms with E-state index in [0.29, 0.717) is 23.0 Å². The fraction of sp³-hybridized carbons (Fsp3) is 0.348.